The van der Waals surface area contributed by atoms with Gasteiger partial charge in [0, 0.05) is 45.1 Å². The Morgan fingerprint density at radius 3 is 2.59 bits per heavy atom. The van der Waals surface area contributed by atoms with Crippen LogP contribution in [0.5, 0.6) is 0 Å². The van der Waals surface area contributed by atoms with Crippen LogP contribution in [0.1, 0.15) is 29.4 Å². The van der Waals surface area contributed by atoms with Gasteiger partial charge in [0.25, 0.3) is 0 Å². The molecule has 1 atom stereocenters. The number of halogens is 3. The molecule has 0 aliphatic heterocycles. The molecule has 0 spiro atoms. The Bertz CT molecular complexity index is 843. The lowest BCUT2D eigenvalue weighted by molar-refractivity contribution is -0.137. The van der Waals surface area contributed by atoms with Crippen molar-refractivity contribution < 1.29 is 13.2 Å². The van der Waals surface area contributed by atoms with Crippen LogP contribution in [0, 0.1) is 13.8 Å². The Morgan fingerprint density at radius 2 is 2.00 bits per heavy atom. The van der Waals surface area contributed by atoms with Crippen molar-refractivity contribution >= 4 is 11.8 Å². The smallest absolute Gasteiger partial charge is 0.368 e. The monoisotopic (exact) mass is 411 g/mol. The van der Waals surface area contributed by atoms with Gasteiger partial charge < -0.3 is 16.0 Å². The quantitative estimate of drug-likeness (QED) is 0.371. The zero-order chi connectivity index (χ0) is 21.6. The zero-order valence-corrected chi connectivity index (χ0v) is 17.4. The molecule has 0 amide bonds. The largest absolute Gasteiger partial charge is 0.419 e. The molecule has 160 valence electrons. The lowest BCUT2D eigenvalue weighted by atomic mass is 10.1. The number of aliphatic imine (C=N–C) groups is 1. The molecule has 0 saturated heterocycles. The Kier molecular flexibility index (Phi) is 7.46. The fourth-order valence-corrected chi connectivity index (χ4v) is 3.03. The summed E-state index contributed by atoms with van der Waals surface area (Å²) in [5, 5.41) is 13.5. The number of pyridine rings is 1. The number of hydrogen-bond donors (Lipinski definition) is 3. The highest BCUT2D eigenvalue weighted by molar-refractivity contribution is 5.80. The zero-order valence-electron chi connectivity index (χ0n) is 17.4. The van der Waals surface area contributed by atoms with Crippen LogP contribution in [-0.4, -0.2) is 46.9 Å². The maximum Gasteiger partial charge on any atom is 0.419 e. The molecule has 2 heterocycles. The second kappa shape index (κ2) is 9.62. The third-order valence-electron chi connectivity index (χ3n) is 4.60. The van der Waals surface area contributed by atoms with Crippen molar-refractivity contribution in [2.45, 2.75) is 39.4 Å². The summed E-state index contributed by atoms with van der Waals surface area (Å²) < 4.78 is 40.8. The summed E-state index contributed by atoms with van der Waals surface area (Å²) in [6.45, 7) is 6.70. The van der Waals surface area contributed by atoms with Gasteiger partial charge in [-0.15, -0.1) is 0 Å². The molecule has 0 aliphatic rings. The average molecular weight is 411 g/mol. The molecular formula is C19H28F3N7. The van der Waals surface area contributed by atoms with Crippen molar-refractivity contribution in [3.63, 3.8) is 0 Å². The molecule has 29 heavy (non-hydrogen) atoms. The third kappa shape index (κ3) is 6.10. The number of nitrogens with zero attached hydrogens (tertiary/aromatic N) is 4. The maximum atomic E-state index is 13.0. The molecular weight excluding hydrogens is 383 g/mol. The summed E-state index contributed by atoms with van der Waals surface area (Å²) in [5.41, 5.74) is 2.54. The normalized spacial score (nSPS) is 13.3. The lowest BCUT2D eigenvalue weighted by Gasteiger charge is -2.19. The highest BCUT2D eigenvalue weighted by Crippen LogP contribution is 2.33. The van der Waals surface area contributed by atoms with E-state index in [2.05, 4.69) is 31.0 Å². The molecule has 0 fully saturated rings. The van der Waals surface area contributed by atoms with Crippen molar-refractivity contribution in [1.82, 2.24) is 25.4 Å². The number of nitrogens with one attached hydrogen (secondary N) is 3. The van der Waals surface area contributed by atoms with Crippen LogP contribution in [0.4, 0.5) is 19.0 Å². The van der Waals surface area contributed by atoms with Gasteiger partial charge in [0.1, 0.15) is 5.82 Å². The van der Waals surface area contributed by atoms with Crippen LogP contribution >= 0.6 is 0 Å². The molecule has 1 unspecified atom stereocenters. The van der Waals surface area contributed by atoms with E-state index in [-0.39, 0.29) is 18.4 Å². The molecule has 0 bridgehead atoms. The second-order valence-electron chi connectivity index (χ2n) is 6.85. The summed E-state index contributed by atoms with van der Waals surface area (Å²) >= 11 is 0. The second-order valence-corrected chi connectivity index (χ2v) is 6.85. The van der Waals surface area contributed by atoms with Crippen LogP contribution in [-0.2, 0) is 19.6 Å². The Hall–Kier alpha value is -2.78. The number of alkyl halides is 3. The first-order valence-electron chi connectivity index (χ1n) is 9.35. The van der Waals surface area contributed by atoms with Gasteiger partial charge in [0.15, 0.2) is 5.96 Å². The standard InChI is InChI=1S/C19H28F3N7/c1-12(11-15-13(2)28-29(5)14(15)3)27-18(23-4)26-10-9-25-17-16(19(20,21)22)7-6-8-24-17/h6-8,12H,9-11H2,1-5H3,(H,24,25)(H2,23,26,27). The topological polar surface area (TPSA) is 79.2 Å². The molecule has 0 saturated carbocycles. The van der Waals surface area contributed by atoms with Gasteiger partial charge in [-0.1, -0.05) is 0 Å². The third-order valence-corrected chi connectivity index (χ3v) is 4.60. The Morgan fingerprint density at radius 1 is 1.28 bits per heavy atom. The predicted octanol–water partition coefficient (Wildman–Crippen LogP) is 2.66. The van der Waals surface area contributed by atoms with Crippen LogP contribution < -0.4 is 16.0 Å². The van der Waals surface area contributed by atoms with E-state index < -0.39 is 11.7 Å². The summed E-state index contributed by atoms with van der Waals surface area (Å²) in [4.78, 5) is 7.95. The lowest BCUT2D eigenvalue weighted by Crippen LogP contribution is -2.44. The van der Waals surface area contributed by atoms with Crippen molar-refractivity contribution in [1.29, 1.82) is 0 Å². The van der Waals surface area contributed by atoms with Gasteiger partial charge in [0.05, 0.1) is 11.3 Å². The van der Waals surface area contributed by atoms with E-state index in [0.717, 1.165) is 23.9 Å². The van der Waals surface area contributed by atoms with E-state index in [1.165, 1.54) is 17.8 Å². The molecule has 0 radical (unpaired) electrons. The van der Waals surface area contributed by atoms with E-state index in [1.807, 2.05) is 32.5 Å². The van der Waals surface area contributed by atoms with E-state index in [9.17, 15) is 13.2 Å². The van der Waals surface area contributed by atoms with Crippen LogP contribution in [0.3, 0.4) is 0 Å². The molecule has 10 heteroatoms. The van der Waals surface area contributed by atoms with Gasteiger partial charge >= 0.3 is 6.18 Å². The maximum absolute atomic E-state index is 13.0. The highest BCUT2D eigenvalue weighted by atomic mass is 19.4. The van der Waals surface area contributed by atoms with Crippen LogP contribution in [0.25, 0.3) is 0 Å². The SMILES string of the molecule is CN=C(NCCNc1ncccc1C(F)(F)F)NC(C)Cc1c(C)nn(C)c1C. The van der Waals surface area contributed by atoms with Crippen LogP contribution in [0.2, 0.25) is 0 Å². The Balaban J connectivity index is 1.84. The number of aromatic nitrogens is 3. The molecule has 0 aliphatic carbocycles. The molecule has 3 N–H and O–H groups in total. The summed E-state index contributed by atoms with van der Waals surface area (Å²) in [7, 11) is 3.57. The first-order chi connectivity index (χ1) is 13.6. The predicted molar refractivity (Wildman–Crippen MR) is 108 cm³/mol. The Labute approximate surface area is 168 Å². The van der Waals surface area contributed by atoms with Gasteiger partial charge in [-0.25, -0.2) is 4.98 Å². The minimum absolute atomic E-state index is 0.100. The van der Waals surface area contributed by atoms with Gasteiger partial charge in [0.2, 0.25) is 0 Å². The fraction of sp³-hybridized carbons (Fsp3) is 0.526. The van der Waals surface area contributed by atoms with Crippen molar-refractivity contribution in [2.24, 2.45) is 12.0 Å². The summed E-state index contributed by atoms with van der Waals surface area (Å²) in [6.07, 6.45) is -2.33. The molecule has 7 nitrogen and oxygen atoms in total. The van der Waals surface area contributed by atoms with Crippen molar-refractivity contribution in [2.75, 3.05) is 25.5 Å². The van der Waals surface area contributed by atoms with E-state index >= 15 is 0 Å². The number of rotatable bonds is 7. The minimum Gasteiger partial charge on any atom is -0.368 e. The molecule has 2 rings (SSSR count). The van der Waals surface area contributed by atoms with E-state index in [1.54, 1.807) is 7.05 Å². The van der Waals surface area contributed by atoms with Gasteiger partial charge in [-0.05, 0) is 44.9 Å². The van der Waals surface area contributed by atoms with E-state index in [0.29, 0.717) is 12.5 Å². The molecule has 0 aromatic carbocycles. The first-order valence-corrected chi connectivity index (χ1v) is 9.35. The molecule has 2 aromatic heterocycles. The number of aryl methyl sites for hydroxylation is 2. The van der Waals surface area contributed by atoms with E-state index in [4.69, 9.17) is 0 Å². The number of anilines is 1. The highest BCUT2D eigenvalue weighted by Gasteiger charge is 2.33. The minimum atomic E-state index is -4.44. The number of guanidine groups is 1. The summed E-state index contributed by atoms with van der Waals surface area (Å²) in [6, 6.07) is 2.38. The van der Waals surface area contributed by atoms with Crippen molar-refractivity contribution in [3.05, 3.63) is 40.8 Å². The number of hydrogen-bond acceptors (Lipinski definition) is 4. The molecule has 2 aromatic rings. The van der Waals surface area contributed by atoms with Gasteiger partial charge in [-0.3, -0.25) is 9.67 Å². The fourth-order valence-electron chi connectivity index (χ4n) is 3.03. The average Bonchev–Trinajstić information content (AvgIpc) is 2.89. The van der Waals surface area contributed by atoms with Crippen molar-refractivity contribution in [3.8, 4) is 0 Å². The summed E-state index contributed by atoms with van der Waals surface area (Å²) in [5.74, 6) is 0.399. The van der Waals surface area contributed by atoms with Crippen LogP contribution in [0.15, 0.2) is 23.3 Å². The van der Waals surface area contributed by atoms with Gasteiger partial charge in [-0.2, -0.15) is 18.3 Å². The first kappa shape index (κ1) is 22.5.